The molecule has 1 amide bonds. The molecule has 0 saturated carbocycles. The van der Waals surface area contributed by atoms with E-state index in [0.717, 1.165) is 41.0 Å². The second-order valence-electron chi connectivity index (χ2n) is 6.61. The fourth-order valence-corrected chi connectivity index (χ4v) is 2.76. The topological polar surface area (TPSA) is 51.1 Å². The summed E-state index contributed by atoms with van der Waals surface area (Å²) in [4.78, 5) is 24.5. The van der Waals surface area contributed by atoms with E-state index in [1.54, 1.807) is 0 Å². The Bertz CT molecular complexity index is 1150. The van der Waals surface area contributed by atoms with Gasteiger partial charge >= 0.3 is 12.4 Å². The third kappa shape index (κ3) is 5.53. The molecule has 4 nitrogen and oxygen atoms in total. The van der Waals surface area contributed by atoms with Crippen molar-refractivity contribution in [3.05, 3.63) is 99.5 Å². The fraction of sp³-hybridized carbons (Fsp3) is 0.143. The van der Waals surface area contributed by atoms with E-state index in [0.29, 0.717) is 5.56 Å². The van der Waals surface area contributed by atoms with Crippen molar-refractivity contribution in [2.24, 2.45) is 0 Å². The predicted octanol–water partition coefficient (Wildman–Crippen LogP) is 5.19. The monoisotopic (exact) mass is 440 g/mol. The number of hydrogen-bond donors (Lipinski definition) is 1. The molecule has 1 N–H and O–H groups in total. The van der Waals surface area contributed by atoms with Crippen LogP contribution in [0, 0.1) is 0 Å². The van der Waals surface area contributed by atoms with Gasteiger partial charge in [-0.3, -0.25) is 9.59 Å². The minimum Gasteiger partial charge on any atom is -0.322 e. The molecule has 0 aliphatic heterocycles. The van der Waals surface area contributed by atoms with Crippen molar-refractivity contribution in [3.8, 4) is 0 Å². The van der Waals surface area contributed by atoms with E-state index in [9.17, 15) is 35.9 Å². The summed E-state index contributed by atoms with van der Waals surface area (Å²) in [5.74, 6) is -0.750. The van der Waals surface area contributed by atoms with Gasteiger partial charge in [0.15, 0.2) is 0 Å². The van der Waals surface area contributed by atoms with E-state index < -0.39 is 34.9 Å². The SMILES string of the molecule is O=C(Nc1cccc(C(F)(F)F)c1)c1ccc(=O)n(Cc2ccc(C(F)(F)F)cc2)c1. The van der Waals surface area contributed by atoms with E-state index in [1.165, 1.54) is 30.5 Å². The molecule has 1 aromatic heterocycles. The highest BCUT2D eigenvalue weighted by atomic mass is 19.4. The number of carbonyl (C=O) groups is 1. The first-order valence-corrected chi connectivity index (χ1v) is 8.79. The van der Waals surface area contributed by atoms with Gasteiger partial charge in [0, 0.05) is 18.0 Å². The molecule has 0 aliphatic carbocycles. The lowest BCUT2D eigenvalue weighted by atomic mass is 10.1. The highest BCUT2D eigenvalue weighted by molar-refractivity contribution is 6.04. The van der Waals surface area contributed by atoms with Crippen LogP contribution in [0.4, 0.5) is 32.0 Å². The number of pyridine rings is 1. The minimum absolute atomic E-state index is 0.0103. The van der Waals surface area contributed by atoms with Gasteiger partial charge in [-0.2, -0.15) is 26.3 Å². The molecule has 10 heteroatoms. The molecule has 0 fully saturated rings. The molecule has 0 unspecified atom stereocenters. The van der Waals surface area contributed by atoms with Crippen LogP contribution in [0.3, 0.4) is 0 Å². The number of nitrogens with one attached hydrogen (secondary N) is 1. The van der Waals surface area contributed by atoms with Crippen LogP contribution in [-0.4, -0.2) is 10.5 Å². The van der Waals surface area contributed by atoms with Crippen LogP contribution >= 0.6 is 0 Å². The van der Waals surface area contributed by atoms with Crippen LogP contribution in [0.25, 0.3) is 0 Å². The molecular weight excluding hydrogens is 426 g/mol. The Morgan fingerprint density at radius 3 is 2.10 bits per heavy atom. The maximum atomic E-state index is 12.8. The number of rotatable bonds is 4. The summed E-state index contributed by atoms with van der Waals surface area (Å²) in [7, 11) is 0. The van der Waals surface area contributed by atoms with Crippen molar-refractivity contribution in [1.82, 2.24) is 4.57 Å². The molecule has 3 rings (SSSR count). The number of halogens is 6. The second-order valence-corrected chi connectivity index (χ2v) is 6.61. The molecule has 0 atom stereocenters. The molecule has 0 aliphatic rings. The van der Waals surface area contributed by atoms with Gasteiger partial charge in [0.05, 0.1) is 23.2 Å². The van der Waals surface area contributed by atoms with E-state index in [-0.39, 0.29) is 17.8 Å². The number of aromatic nitrogens is 1. The maximum Gasteiger partial charge on any atom is 0.416 e. The van der Waals surface area contributed by atoms with Gasteiger partial charge in [-0.15, -0.1) is 0 Å². The summed E-state index contributed by atoms with van der Waals surface area (Å²) in [6, 6.07) is 10.5. The van der Waals surface area contributed by atoms with Crippen molar-refractivity contribution in [3.63, 3.8) is 0 Å². The highest BCUT2D eigenvalue weighted by Gasteiger charge is 2.31. The third-order valence-electron chi connectivity index (χ3n) is 4.33. The van der Waals surface area contributed by atoms with Crippen molar-refractivity contribution >= 4 is 11.6 Å². The molecule has 0 radical (unpaired) electrons. The number of alkyl halides is 6. The van der Waals surface area contributed by atoms with Crippen LogP contribution in [0.2, 0.25) is 0 Å². The number of carbonyl (C=O) groups excluding carboxylic acids is 1. The Morgan fingerprint density at radius 2 is 1.48 bits per heavy atom. The average molecular weight is 440 g/mol. The summed E-state index contributed by atoms with van der Waals surface area (Å²) in [5, 5.41) is 2.33. The zero-order valence-electron chi connectivity index (χ0n) is 15.6. The number of benzene rings is 2. The standard InChI is InChI=1S/C21H14F6N2O2/c22-20(23,24)15-7-4-13(5-8-15)11-29-12-14(6-9-18(29)30)19(31)28-17-3-1-2-16(10-17)21(25,26)27/h1-10,12H,11H2,(H,28,31). The normalized spacial score (nSPS) is 11.9. The summed E-state index contributed by atoms with van der Waals surface area (Å²) < 4.78 is 77.5. The number of nitrogens with zero attached hydrogens (tertiary/aromatic N) is 1. The fourth-order valence-electron chi connectivity index (χ4n) is 2.76. The summed E-state index contributed by atoms with van der Waals surface area (Å²) >= 11 is 0. The zero-order chi connectivity index (χ0) is 22.8. The molecule has 0 spiro atoms. The Morgan fingerprint density at radius 1 is 0.839 bits per heavy atom. The van der Waals surface area contributed by atoms with Crippen molar-refractivity contribution in [2.45, 2.75) is 18.9 Å². The van der Waals surface area contributed by atoms with E-state index >= 15 is 0 Å². The van der Waals surface area contributed by atoms with Gasteiger partial charge in [0.1, 0.15) is 0 Å². The lowest BCUT2D eigenvalue weighted by Crippen LogP contribution is -2.22. The molecule has 31 heavy (non-hydrogen) atoms. The lowest BCUT2D eigenvalue weighted by Gasteiger charge is -2.12. The molecular formula is C21H14F6N2O2. The molecule has 3 aromatic rings. The first kappa shape index (κ1) is 22.1. The van der Waals surface area contributed by atoms with Crippen molar-refractivity contribution < 1.29 is 31.1 Å². The number of anilines is 1. The van der Waals surface area contributed by atoms with Gasteiger partial charge in [-0.25, -0.2) is 0 Å². The Kier molecular flexibility index (Phi) is 5.92. The van der Waals surface area contributed by atoms with Gasteiger partial charge in [-0.05, 0) is 42.0 Å². The minimum atomic E-state index is -4.57. The van der Waals surface area contributed by atoms with E-state index in [2.05, 4.69) is 5.32 Å². The number of amides is 1. The van der Waals surface area contributed by atoms with Crippen LogP contribution in [0.5, 0.6) is 0 Å². The van der Waals surface area contributed by atoms with Crippen molar-refractivity contribution in [1.29, 1.82) is 0 Å². The Balaban J connectivity index is 1.79. The van der Waals surface area contributed by atoms with Crippen LogP contribution in [0.1, 0.15) is 27.0 Å². The lowest BCUT2D eigenvalue weighted by molar-refractivity contribution is -0.138. The second kappa shape index (κ2) is 8.29. The highest BCUT2D eigenvalue weighted by Crippen LogP contribution is 2.31. The molecule has 0 saturated heterocycles. The first-order chi connectivity index (χ1) is 14.4. The largest absolute Gasteiger partial charge is 0.416 e. The average Bonchev–Trinajstić information content (AvgIpc) is 2.69. The molecule has 2 aromatic carbocycles. The predicted molar refractivity (Wildman–Crippen MR) is 101 cm³/mol. The number of hydrogen-bond acceptors (Lipinski definition) is 2. The smallest absolute Gasteiger partial charge is 0.322 e. The van der Waals surface area contributed by atoms with Gasteiger partial charge in [-0.1, -0.05) is 18.2 Å². The van der Waals surface area contributed by atoms with Crippen LogP contribution in [0.15, 0.2) is 71.7 Å². The Labute approximate surface area is 171 Å². The molecule has 162 valence electrons. The van der Waals surface area contributed by atoms with Crippen molar-refractivity contribution in [2.75, 3.05) is 5.32 Å². The van der Waals surface area contributed by atoms with Gasteiger partial charge in [0.2, 0.25) is 0 Å². The molecule has 0 bridgehead atoms. The van der Waals surface area contributed by atoms with Crippen LogP contribution < -0.4 is 10.9 Å². The van der Waals surface area contributed by atoms with E-state index in [4.69, 9.17) is 0 Å². The maximum absolute atomic E-state index is 12.8. The van der Waals surface area contributed by atoms with Gasteiger partial charge in [0.25, 0.3) is 11.5 Å². The summed E-state index contributed by atoms with van der Waals surface area (Å²) in [6.45, 7) is -0.0956. The van der Waals surface area contributed by atoms with Crippen LogP contribution in [-0.2, 0) is 18.9 Å². The zero-order valence-corrected chi connectivity index (χ0v) is 15.6. The van der Waals surface area contributed by atoms with Gasteiger partial charge < -0.3 is 9.88 Å². The molecule has 1 heterocycles. The van der Waals surface area contributed by atoms with E-state index in [1.807, 2.05) is 0 Å². The Hall–Kier alpha value is -3.56. The first-order valence-electron chi connectivity index (χ1n) is 8.79. The summed E-state index contributed by atoms with van der Waals surface area (Å²) in [5.41, 5.74) is -1.97. The third-order valence-corrected chi connectivity index (χ3v) is 4.33. The summed E-state index contributed by atoms with van der Waals surface area (Å²) in [6.07, 6.45) is -7.88. The quantitative estimate of drug-likeness (QED) is 0.568.